The van der Waals surface area contributed by atoms with Gasteiger partial charge in [-0.05, 0) is 39.3 Å². The van der Waals surface area contributed by atoms with E-state index in [1.54, 1.807) is 6.07 Å². The van der Waals surface area contributed by atoms with Crippen LogP contribution in [0.3, 0.4) is 0 Å². The quantitative estimate of drug-likeness (QED) is 0.774. The van der Waals surface area contributed by atoms with E-state index in [2.05, 4.69) is 12.2 Å². The van der Waals surface area contributed by atoms with Gasteiger partial charge >= 0.3 is 6.09 Å². The average molecular weight is 279 g/mol. The summed E-state index contributed by atoms with van der Waals surface area (Å²) in [4.78, 5) is 11.7. The van der Waals surface area contributed by atoms with E-state index in [0.717, 1.165) is 18.6 Å². The van der Waals surface area contributed by atoms with Gasteiger partial charge in [-0.15, -0.1) is 0 Å². The third-order valence-corrected chi connectivity index (χ3v) is 2.50. The van der Waals surface area contributed by atoms with Crippen molar-refractivity contribution in [3.63, 3.8) is 0 Å². The highest BCUT2D eigenvalue weighted by Crippen LogP contribution is 2.18. The van der Waals surface area contributed by atoms with E-state index in [9.17, 15) is 4.79 Å². The lowest BCUT2D eigenvalue weighted by Crippen LogP contribution is -2.27. The first-order chi connectivity index (χ1) is 9.40. The van der Waals surface area contributed by atoms with E-state index < -0.39 is 11.7 Å². The number of anilines is 1. The molecule has 0 spiro atoms. The van der Waals surface area contributed by atoms with Crippen LogP contribution in [-0.4, -0.2) is 18.3 Å². The van der Waals surface area contributed by atoms with Crippen LogP contribution >= 0.6 is 0 Å². The molecule has 0 fully saturated rings. The molecule has 0 aliphatic carbocycles. The smallest absolute Gasteiger partial charge is 0.412 e. The van der Waals surface area contributed by atoms with Crippen LogP contribution in [0.25, 0.3) is 0 Å². The molecule has 1 N–H and O–H groups in total. The molecule has 0 bridgehead atoms. The zero-order valence-corrected chi connectivity index (χ0v) is 12.9. The summed E-state index contributed by atoms with van der Waals surface area (Å²) < 4.78 is 10.8. The van der Waals surface area contributed by atoms with Gasteiger partial charge in [-0.2, -0.15) is 0 Å². The normalized spacial score (nSPS) is 11.0. The van der Waals surface area contributed by atoms with E-state index in [1.165, 1.54) is 6.42 Å². The number of benzene rings is 1. The molecule has 1 rings (SSSR count). The number of amides is 1. The Morgan fingerprint density at radius 3 is 2.65 bits per heavy atom. The summed E-state index contributed by atoms with van der Waals surface area (Å²) in [7, 11) is 0. The molecule has 0 unspecified atom stereocenters. The molecular formula is C16H25NO3. The molecule has 0 heterocycles. The van der Waals surface area contributed by atoms with Crippen LogP contribution in [0, 0.1) is 0 Å². The number of hydrogen-bond donors (Lipinski definition) is 1. The Hall–Kier alpha value is -1.71. The summed E-state index contributed by atoms with van der Waals surface area (Å²) in [5.74, 6) is 0.759. The number of carbonyl (C=O) groups excluding carboxylic acids is 1. The predicted octanol–water partition coefficient (Wildman–Crippen LogP) is 4.60. The third-order valence-electron chi connectivity index (χ3n) is 2.50. The summed E-state index contributed by atoms with van der Waals surface area (Å²) >= 11 is 0. The number of hydrogen-bond acceptors (Lipinski definition) is 3. The van der Waals surface area contributed by atoms with Crippen molar-refractivity contribution in [3.05, 3.63) is 24.3 Å². The summed E-state index contributed by atoms with van der Waals surface area (Å²) in [6, 6.07) is 7.34. The Morgan fingerprint density at radius 2 is 2.00 bits per heavy atom. The maximum atomic E-state index is 11.7. The zero-order valence-electron chi connectivity index (χ0n) is 12.9. The fourth-order valence-electron chi connectivity index (χ4n) is 1.63. The fraction of sp³-hybridized carbons (Fsp3) is 0.562. The number of ether oxygens (including phenoxy) is 2. The molecule has 112 valence electrons. The van der Waals surface area contributed by atoms with Gasteiger partial charge in [0.1, 0.15) is 11.4 Å². The summed E-state index contributed by atoms with van der Waals surface area (Å²) in [5.41, 5.74) is 0.172. The molecule has 4 nitrogen and oxygen atoms in total. The lowest BCUT2D eigenvalue weighted by atomic mass is 10.2. The van der Waals surface area contributed by atoms with Gasteiger partial charge in [-0.25, -0.2) is 4.79 Å². The van der Waals surface area contributed by atoms with Crippen LogP contribution in [-0.2, 0) is 4.74 Å². The number of unbranched alkanes of at least 4 members (excludes halogenated alkanes) is 2. The topological polar surface area (TPSA) is 47.6 Å². The highest BCUT2D eigenvalue weighted by molar-refractivity contribution is 5.85. The summed E-state index contributed by atoms with van der Waals surface area (Å²) in [6.45, 7) is 8.36. The van der Waals surface area contributed by atoms with Crippen LogP contribution in [0.15, 0.2) is 24.3 Å². The Morgan fingerprint density at radius 1 is 1.25 bits per heavy atom. The minimum Gasteiger partial charge on any atom is -0.494 e. The minimum atomic E-state index is -0.502. The van der Waals surface area contributed by atoms with Crippen LogP contribution in [0.2, 0.25) is 0 Å². The van der Waals surface area contributed by atoms with Crippen LogP contribution in [0.1, 0.15) is 47.0 Å². The van der Waals surface area contributed by atoms with Gasteiger partial charge in [0.15, 0.2) is 0 Å². The second-order valence-electron chi connectivity index (χ2n) is 5.71. The zero-order chi connectivity index (χ0) is 15.0. The van der Waals surface area contributed by atoms with E-state index in [4.69, 9.17) is 9.47 Å². The maximum Gasteiger partial charge on any atom is 0.412 e. The molecule has 4 heteroatoms. The second kappa shape index (κ2) is 7.78. The molecule has 0 radical (unpaired) electrons. The molecule has 1 amide bonds. The highest BCUT2D eigenvalue weighted by Gasteiger charge is 2.16. The summed E-state index contributed by atoms with van der Waals surface area (Å²) in [6.07, 6.45) is 2.92. The van der Waals surface area contributed by atoms with Crippen molar-refractivity contribution in [1.29, 1.82) is 0 Å². The molecule has 1 aromatic carbocycles. The molecule has 0 atom stereocenters. The van der Waals surface area contributed by atoms with Crippen molar-refractivity contribution in [1.82, 2.24) is 0 Å². The Balaban J connectivity index is 2.49. The fourth-order valence-corrected chi connectivity index (χ4v) is 1.63. The van der Waals surface area contributed by atoms with Gasteiger partial charge in [-0.3, -0.25) is 5.32 Å². The molecule has 20 heavy (non-hydrogen) atoms. The van der Waals surface area contributed by atoms with Crippen molar-refractivity contribution < 1.29 is 14.3 Å². The van der Waals surface area contributed by atoms with Crippen LogP contribution < -0.4 is 10.1 Å². The van der Waals surface area contributed by atoms with Crippen molar-refractivity contribution in [2.24, 2.45) is 0 Å². The molecule has 0 aromatic heterocycles. The third kappa shape index (κ3) is 7.02. The largest absolute Gasteiger partial charge is 0.494 e. The van der Waals surface area contributed by atoms with E-state index in [-0.39, 0.29) is 0 Å². The predicted molar refractivity (Wildman–Crippen MR) is 81.3 cm³/mol. The number of rotatable bonds is 6. The lowest BCUT2D eigenvalue weighted by Gasteiger charge is -2.19. The van der Waals surface area contributed by atoms with Gasteiger partial charge in [0.2, 0.25) is 0 Å². The minimum absolute atomic E-state index is 0.458. The van der Waals surface area contributed by atoms with Gasteiger partial charge in [0, 0.05) is 11.8 Å². The van der Waals surface area contributed by atoms with Crippen molar-refractivity contribution in [2.75, 3.05) is 11.9 Å². The monoisotopic (exact) mass is 279 g/mol. The van der Waals surface area contributed by atoms with Gasteiger partial charge in [0.05, 0.1) is 6.61 Å². The molecular weight excluding hydrogens is 254 g/mol. The maximum absolute atomic E-state index is 11.7. The van der Waals surface area contributed by atoms with Crippen molar-refractivity contribution in [3.8, 4) is 5.75 Å². The van der Waals surface area contributed by atoms with E-state index in [1.807, 2.05) is 39.0 Å². The lowest BCUT2D eigenvalue weighted by molar-refractivity contribution is 0.0636. The Bertz CT molecular complexity index is 424. The van der Waals surface area contributed by atoms with Crippen molar-refractivity contribution >= 4 is 11.8 Å². The number of nitrogens with one attached hydrogen (secondary N) is 1. The highest BCUT2D eigenvalue weighted by atomic mass is 16.6. The van der Waals surface area contributed by atoms with Gasteiger partial charge < -0.3 is 9.47 Å². The average Bonchev–Trinajstić information content (AvgIpc) is 2.32. The standard InChI is InChI=1S/C16H25NO3/c1-5-6-7-11-19-14-10-8-9-13(12-14)17-15(18)20-16(2,3)4/h8-10,12H,5-7,11H2,1-4H3,(H,17,18). The second-order valence-corrected chi connectivity index (χ2v) is 5.71. The molecule has 0 saturated carbocycles. The Labute approximate surface area is 121 Å². The molecule has 0 aliphatic heterocycles. The summed E-state index contributed by atoms with van der Waals surface area (Å²) in [5, 5.41) is 2.70. The van der Waals surface area contributed by atoms with Gasteiger partial charge in [-0.1, -0.05) is 25.8 Å². The SMILES string of the molecule is CCCCCOc1cccc(NC(=O)OC(C)(C)C)c1. The molecule has 1 aromatic rings. The molecule has 0 saturated heterocycles. The van der Waals surface area contributed by atoms with Crippen LogP contribution in [0.5, 0.6) is 5.75 Å². The first kappa shape index (κ1) is 16.3. The Kier molecular flexibility index (Phi) is 6.36. The van der Waals surface area contributed by atoms with E-state index in [0.29, 0.717) is 12.3 Å². The first-order valence-corrected chi connectivity index (χ1v) is 7.13. The van der Waals surface area contributed by atoms with E-state index >= 15 is 0 Å². The van der Waals surface area contributed by atoms with Crippen LogP contribution in [0.4, 0.5) is 10.5 Å². The molecule has 0 aliphatic rings. The number of carbonyl (C=O) groups is 1. The first-order valence-electron chi connectivity index (χ1n) is 7.13. The van der Waals surface area contributed by atoms with Gasteiger partial charge in [0.25, 0.3) is 0 Å². The van der Waals surface area contributed by atoms with Crippen molar-refractivity contribution in [2.45, 2.75) is 52.6 Å².